The molecule has 188 valence electrons. The number of hydrogen-bond donors (Lipinski definition) is 3. The van der Waals surface area contributed by atoms with Crippen LogP contribution in [0, 0.1) is 5.92 Å². The number of aryl methyl sites for hydroxylation is 2. The van der Waals surface area contributed by atoms with E-state index in [2.05, 4.69) is 22.6 Å². The van der Waals surface area contributed by atoms with Gasteiger partial charge in [0.25, 0.3) is 5.91 Å². The molecule has 1 saturated heterocycles. The van der Waals surface area contributed by atoms with Crippen LogP contribution in [0.2, 0.25) is 18.6 Å². The van der Waals surface area contributed by atoms with Gasteiger partial charge < -0.3 is 24.4 Å². The lowest BCUT2D eigenvalue weighted by molar-refractivity contribution is -0.123. The molecule has 1 aromatic heterocycles. The van der Waals surface area contributed by atoms with Gasteiger partial charge in [-0.25, -0.2) is 0 Å². The first-order valence-corrected chi connectivity index (χ1v) is 15.0. The van der Waals surface area contributed by atoms with E-state index < -0.39 is 20.4 Å². The van der Waals surface area contributed by atoms with E-state index in [-0.39, 0.29) is 30.3 Å². The number of carbonyl (C=O) groups excluding carboxylic acids is 1. The largest absolute Gasteiger partial charge is 0.396 e. The van der Waals surface area contributed by atoms with Crippen molar-refractivity contribution in [2.75, 3.05) is 11.9 Å². The molecular formula is C24H37FN4O4Si. The van der Waals surface area contributed by atoms with Crippen LogP contribution in [0.15, 0.2) is 30.5 Å². The maximum atomic E-state index is 15.3. The molecule has 8 nitrogen and oxygen atoms in total. The van der Waals surface area contributed by atoms with Crippen molar-refractivity contribution in [2.45, 2.75) is 83.0 Å². The molecule has 3 rings (SSSR count). The van der Waals surface area contributed by atoms with Crippen LogP contribution in [-0.4, -0.2) is 64.4 Å². The Morgan fingerprint density at radius 1 is 1.29 bits per heavy atom. The summed E-state index contributed by atoms with van der Waals surface area (Å²) in [6, 6.07) is 7.56. The van der Waals surface area contributed by atoms with E-state index >= 15 is 4.11 Å². The van der Waals surface area contributed by atoms with Gasteiger partial charge >= 0.3 is 0 Å². The van der Waals surface area contributed by atoms with Crippen LogP contribution >= 0.6 is 0 Å². The van der Waals surface area contributed by atoms with Gasteiger partial charge in [0.15, 0.2) is 0 Å². The summed E-state index contributed by atoms with van der Waals surface area (Å²) < 4.78 is 23.5. The maximum absolute atomic E-state index is 15.3. The molecule has 0 saturated carbocycles. The van der Waals surface area contributed by atoms with Crippen molar-refractivity contribution in [3.63, 3.8) is 0 Å². The average molecular weight is 493 g/mol. The van der Waals surface area contributed by atoms with Gasteiger partial charge in [0, 0.05) is 37.0 Å². The number of benzene rings is 1. The van der Waals surface area contributed by atoms with Gasteiger partial charge in [-0.15, -0.1) is 5.10 Å². The first kappa shape index (κ1) is 26.5. The Bertz CT molecular complexity index is 949. The summed E-state index contributed by atoms with van der Waals surface area (Å²) in [5.74, 6) is -0.336. The molecule has 5 atom stereocenters. The lowest BCUT2D eigenvalue weighted by atomic mass is 9.95. The third kappa shape index (κ3) is 6.94. The zero-order valence-electron chi connectivity index (χ0n) is 20.4. The highest BCUT2D eigenvalue weighted by atomic mass is 28.4. The van der Waals surface area contributed by atoms with Gasteiger partial charge in [0.1, 0.15) is 6.10 Å². The number of halogens is 1. The number of hydrogen-bond acceptors (Lipinski definition) is 6. The van der Waals surface area contributed by atoms with Crippen LogP contribution in [0.3, 0.4) is 0 Å². The van der Waals surface area contributed by atoms with Crippen LogP contribution in [0.5, 0.6) is 0 Å². The van der Waals surface area contributed by atoms with Gasteiger partial charge in [-0.2, -0.15) is 0 Å². The van der Waals surface area contributed by atoms with Gasteiger partial charge in [-0.1, -0.05) is 24.3 Å². The summed E-state index contributed by atoms with van der Waals surface area (Å²) in [6.45, 7) is 7.67. The molecule has 0 radical (unpaired) electrons. The molecule has 0 bridgehead atoms. The Kier molecular flexibility index (Phi) is 8.97. The second-order valence-corrected chi connectivity index (χ2v) is 13.6. The van der Waals surface area contributed by atoms with Gasteiger partial charge in [0.2, 0.25) is 8.41 Å². The fourth-order valence-corrected chi connectivity index (χ4v) is 7.54. The molecule has 1 amide bonds. The van der Waals surface area contributed by atoms with E-state index in [1.165, 1.54) is 6.92 Å². The summed E-state index contributed by atoms with van der Waals surface area (Å²) in [7, 11) is -2.96. The van der Waals surface area contributed by atoms with Crippen molar-refractivity contribution in [1.82, 2.24) is 15.0 Å². The Morgan fingerprint density at radius 2 is 2.06 bits per heavy atom. The fraction of sp³-hybridized carbons (Fsp3) is 0.625. The SMILES string of the molecule is C[C@H]1[C@H]([Si](C)(C)F)[C@@H](CCn2cc(CCO)nn2)O[C@H]1CCc1cccc(NC(=O)[C@H](C)O)c1. The van der Waals surface area contributed by atoms with Gasteiger partial charge in [-0.05, 0) is 62.9 Å². The summed E-state index contributed by atoms with van der Waals surface area (Å²) in [6.07, 6.45) is 3.16. The molecular weight excluding hydrogens is 455 g/mol. The molecule has 2 aromatic rings. The van der Waals surface area contributed by atoms with Crippen molar-refractivity contribution in [3.8, 4) is 0 Å². The molecule has 0 unspecified atom stereocenters. The van der Waals surface area contributed by atoms with Crippen LogP contribution in [0.25, 0.3) is 0 Å². The number of nitrogens with zero attached hydrogens (tertiary/aromatic N) is 3. The highest BCUT2D eigenvalue weighted by molar-refractivity contribution is 6.72. The lowest BCUT2D eigenvalue weighted by Gasteiger charge is -2.28. The van der Waals surface area contributed by atoms with Crippen molar-refractivity contribution in [2.24, 2.45) is 5.92 Å². The first-order valence-electron chi connectivity index (χ1n) is 12.0. The molecule has 1 aromatic carbocycles. The van der Waals surface area contributed by atoms with E-state index in [1.807, 2.05) is 24.4 Å². The number of aliphatic hydroxyl groups is 2. The summed E-state index contributed by atoms with van der Waals surface area (Å²) in [5.41, 5.74) is 2.33. The molecule has 10 heteroatoms. The van der Waals surface area contributed by atoms with Crippen molar-refractivity contribution < 1.29 is 23.9 Å². The second-order valence-electron chi connectivity index (χ2n) is 9.80. The highest BCUT2D eigenvalue weighted by Crippen LogP contribution is 2.47. The minimum atomic E-state index is -2.96. The normalized spacial score (nSPS) is 23.7. The Morgan fingerprint density at radius 3 is 2.74 bits per heavy atom. The highest BCUT2D eigenvalue weighted by Gasteiger charge is 2.50. The van der Waals surface area contributed by atoms with Crippen LogP contribution in [0.1, 0.15) is 37.9 Å². The van der Waals surface area contributed by atoms with E-state index in [4.69, 9.17) is 9.84 Å². The lowest BCUT2D eigenvalue weighted by Crippen LogP contribution is -2.36. The number of amides is 1. The zero-order valence-corrected chi connectivity index (χ0v) is 21.4. The molecule has 2 heterocycles. The van der Waals surface area contributed by atoms with E-state index in [0.29, 0.717) is 25.1 Å². The smallest absolute Gasteiger partial charge is 0.252 e. The van der Waals surface area contributed by atoms with Crippen molar-refractivity contribution >= 4 is 20.0 Å². The van der Waals surface area contributed by atoms with Crippen molar-refractivity contribution in [1.29, 1.82) is 0 Å². The maximum Gasteiger partial charge on any atom is 0.252 e. The quantitative estimate of drug-likeness (QED) is 0.329. The number of aliphatic hydroxyl groups excluding tert-OH is 2. The number of nitrogens with one attached hydrogen (secondary N) is 1. The number of aromatic nitrogens is 3. The predicted octanol–water partition coefficient (Wildman–Crippen LogP) is 3.10. The Hall–Kier alpha value is -2.14. The molecule has 1 aliphatic heterocycles. The van der Waals surface area contributed by atoms with Gasteiger partial charge in [0.05, 0.1) is 17.9 Å². The minimum absolute atomic E-state index is 0.0309. The minimum Gasteiger partial charge on any atom is -0.396 e. The summed E-state index contributed by atoms with van der Waals surface area (Å²) in [5, 5.41) is 29.3. The van der Waals surface area contributed by atoms with Crippen molar-refractivity contribution in [3.05, 3.63) is 41.7 Å². The Balaban J connectivity index is 1.62. The number of carbonyl (C=O) groups is 1. The summed E-state index contributed by atoms with van der Waals surface area (Å²) in [4.78, 5) is 11.8. The molecule has 34 heavy (non-hydrogen) atoms. The predicted molar refractivity (Wildman–Crippen MR) is 131 cm³/mol. The van der Waals surface area contributed by atoms with E-state index in [9.17, 15) is 9.90 Å². The van der Waals surface area contributed by atoms with Crippen LogP contribution < -0.4 is 5.32 Å². The fourth-order valence-electron chi connectivity index (χ4n) is 4.95. The number of ether oxygens (including phenoxy) is 1. The molecule has 1 fully saturated rings. The van der Waals surface area contributed by atoms with Crippen LogP contribution in [0.4, 0.5) is 9.80 Å². The summed E-state index contributed by atoms with van der Waals surface area (Å²) >= 11 is 0. The Labute approximate surface area is 201 Å². The van der Waals surface area contributed by atoms with E-state index in [0.717, 1.165) is 24.1 Å². The molecule has 3 N–H and O–H groups in total. The van der Waals surface area contributed by atoms with E-state index in [1.54, 1.807) is 23.8 Å². The number of rotatable bonds is 11. The third-order valence-corrected chi connectivity index (χ3v) is 9.07. The molecule has 0 spiro atoms. The van der Waals surface area contributed by atoms with Gasteiger partial charge in [-0.3, -0.25) is 9.48 Å². The average Bonchev–Trinajstić information content (AvgIpc) is 3.34. The second kappa shape index (κ2) is 11.5. The van der Waals surface area contributed by atoms with Crippen LogP contribution in [-0.2, 0) is 28.9 Å². The molecule has 1 aliphatic rings. The number of anilines is 1. The first-order chi connectivity index (χ1) is 16.1. The third-order valence-electron chi connectivity index (χ3n) is 6.58. The molecule has 0 aliphatic carbocycles. The zero-order chi connectivity index (χ0) is 24.9. The topological polar surface area (TPSA) is 110 Å². The standard InChI is InChI=1S/C24H37FN4O4Si/c1-16-21(9-8-18-6-5-7-19(14-18)26-24(32)17(2)31)33-22(23(16)34(3,4)25)10-12-29-15-20(11-13-30)27-28-29/h5-7,14-17,21-23,30-31H,8-13H2,1-4H3,(H,26,32)/t16-,17+,21+,22-,23+/m1/s1. The monoisotopic (exact) mass is 492 g/mol.